The second-order valence-corrected chi connectivity index (χ2v) is 6.37. The molecule has 0 amide bonds. The fourth-order valence-corrected chi connectivity index (χ4v) is 2.96. The van der Waals surface area contributed by atoms with Crippen LogP contribution in [0.1, 0.15) is 13.8 Å². The number of likely N-dealkylation sites (N-methyl/N-ethyl adjacent to an activating group) is 1. The molecular weight excluding hydrogens is 350 g/mol. The van der Waals surface area contributed by atoms with Gasteiger partial charge in [-0.1, -0.05) is 32.0 Å². The number of aliphatic hydroxyl groups is 1. The van der Waals surface area contributed by atoms with Crippen molar-refractivity contribution in [3.8, 4) is 0 Å². The third-order valence-electron chi connectivity index (χ3n) is 4.51. The minimum absolute atomic E-state index is 0.242. The van der Waals surface area contributed by atoms with E-state index in [9.17, 15) is 5.11 Å². The number of rotatable bonds is 7. The van der Waals surface area contributed by atoms with Crippen LogP contribution in [0.5, 0.6) is 0 Å². The molecule has 0 aromatic heterocycles. The van der Waals surface area contributed by atoms with E-state index in [0.717, 1.165) is 52.4 Å². The van der Waals surface area contributed by atoms with Gasteiger partial charge in [0.2, 0.25) is 0 Å². The minimum atomic E-state index is -1.82. The highest BCUT2D eigenvalue weighted by Crippen LogP contribution is 2.15. The molecule has 1 aliphatic rings. The van der Waals surface area contributed by atoms with Crippen LogP contribution in [0.3, 0.4) is 0 Å². The Kier molecular flexibility index (Phi) is 10.4. The topological polar surface area (TPSA) is 105 Å². The van der Waals surface area contributed by atoms with Crippen LogP contribution in [0.25, 0.3) is 0 Å². The van der Waals surface area contributed by atoms with Crippen LogP contribution >= 0.6 is 0 Å². The number of carboxylic acid groups (broad SMARTS) is 2. The highest BCUT2D eigenvalue weighted by Gasteiger charge is 2.20. The number of hydrogen-bond donors (Lipinski definition) is 3. The molecule has 0 bridgehead atoms. The van der Waals surface area contributed by atoms with Crippen LogP contribution in [0.15, 0.2) is 30.3 Å². The Morgan fingerprint density at radius 2 is 1.52 bits per heavy atom. The summed E-state index contributed by atoms with van der Waals surface area (Å²) in [6, 6.07) is 10.6. The van der Waals surface area contributed by atoms with Gasteiger partial charge in [0.05, 0.1) is 6.10 Å². The first-order valence-corrected chi connectivity index (χ1v) is 9.26. The van der Waals surface area contributed by atoms with Crippen molar-refractivity contribution in [1.82, 2.24) is 9.80 Å². The van der Waals surface area contributed by atoms with Crippen molar-refractivity contribution >= 4 is 17.6 Å². The summed E-state index contributed by atoms with van der Waals surface area (Å²) in [5, 5.41) is 25.0. The highest BCUT2D eigenvalue weighted by molar-refractivity contribution is 6.27. The first-order valence-electron chi connectivity index (χ1n) is 9.26. The molecule has 27 heavy (non-hydrogen) atoms. The maximum Gasteiger partial charge on any atom is 0.414 e. The van der Waals surface area contributed by atoms with Crippen LogP contribution in [0.4, 0.5) is 5.69 Å². The molecule has 2 rings (SSSR count). The maximum absolute atomic E-state index is 10.2. The predicted octanol–water partition coefficient (Wildman–Crippen LogP) is 0.667. The lowest BCUT2D eigenvalue weighted by atomic mass is 10.2. The lowest BCUT2D eigenvalue weighted by Gasteiger charge is -2.37. The van der Waals surface area contributed by atoms with Crippen molar-refractivity contribution in [2.24, 2.45) is 0 Å². The molecule has 1 aromatic rings. The zero-order valence-corrected chi connectivity index (χ0v) is 16.1. The van der Waals surface area contributed by atoms with E-state index in [0.29, 0.717) is 0 Å². The van der Waals surface area contributed by atoms with Crippen molar-refractivity contribution in [3.63, 3.8) is 0 Å². The number of β-amino-alcohol motifs (C(OH)–C–C–N with tert-alkyl or cyclic N) is 1. The third-order valence-corrected chi connectivity index (χ3v) is 4.51. The minimum Gasteiger partial charge on any atom is -0.473 e. The fourth-order valence-electron chi connectivity index (χ4n) is 2.96. The van der Waals surface area contributed by atoms with E-state index in [1.807, 2.05) is 0 Å². The molecule has 8 nitrogen and oxygen atoms in total. The van der Waals surface area contributed by atoms with Crippen molar-refractivity contribution in [1.29, 1.82) is 0 Å². The van der Waals surface area contributed by atoms with E-state index in [1.54, 1.807) is 0 Å². The van der Waals surface area contributed by atoms with Crippen molar-refractivity contribution in [2.45, 2.75) is 20.0 Å². The summed E-state index contributed by atoms with van der Waals surface area (Å²) in [6.45, 7) is 12.0. The van der Waals surface area contributed by atoms with Gasteiger partial charge in [-0.3, -0.25) is 4.90 Å². The average Bonchev–Trinajstić information content (AvgIpc) is 2.67. The van der Waals surface area contributed by atoms with Gasteiger partial charge in [-0.2, -0.15) is 0 Å². The molecule has 1 atom stereocenters. The molecular formula is C19H31N3O5. The lowest BCUT2D eigenvalue weighted by Crippen LogP contribution is -2.50. The summed E-state index contributed by atoms with van der Waals surface area (Å²) in [6.07, 6.45) is -0.242. The highest BCUT2D eigenvalue weighted by atomic mass is 16.4. The molecule has 0 spiro atoms. The Labute approximate surface area is 160 Å². The monoisotopic (exact) mass is 381 g/mol. The molecule has 3 N–H and O–H groups in total. The Balaban J connectivity index is 0.000000527. The number of hydrogen-bond acceptors (Lipinski definition) is 6. The molecule has 1 fully saturated rings. The summed E-state index contributed by atoms with van der Waals surface area (Å²) in [5.41, 5.74) is 1.31. The van der Waals surface area contributed by atoms with Crippen LogP contribution in [0.2, 0.25) is 0 Å². The Morgan fingerprint density at radius 3 is 1.96 bits per heavy atom. The van der Waals surface area contributed by atoms with Gasteiger partial charge < -0.3 is 25.1 Å². The molecule has 1 saturated heterocycles. The van der Waals surface area contributed by atoms with Gasteiger partial charge in [-0.15, -0.1) is 0 Å². The number of anilines is 1. The quantitative estimate of drug-likeness (QED) is 0.592. The fraction of sp³-hybridized carbons (Fsp3) is 0.579. The zero-order valence-electron chi connectivity index (χ0n) is 16.1. The summed E-state index contributed by atoms with van der Waals surface area (Å²) >= 11 is 0. The number of carbonyl (C=O) groups is 2. The zero-order chi connectivity index (χ0) is 20.2. The molecule has 0 aliphatic carbocycles. The number of aliphatic carboxylic acids is 2. The van der Waals surface area contributed by atoms with Gasteiger partial charge in [-0.25, -0.2) is 9.59 Å². The molecule has 152 valence electrons. The molecule has 0 saturated carbocycles. The predicted molar refractivity (Wildman–Crippen MR) is 104 cm³/mol. The molecule has 1 aliphatic heterocycles. The SMILES string of the molecule is CCN(CC)CC(O)CN1CCN(c2ccccc2)CC1.O=C(O)C(=O)O. The van der Waals surface area contributed by atoms with Crippen molar-refractivity contribution < 1.29 is 24.9 Å². The number of para-hydroxylation sites is 1. The van der Waals surface area contributed by atoms with E-state index in [4.69, 9.17) is 19.8 Å². The number of nitrogens with zero attached hydrogens (tertiary/aromatic N) is 3. The Morgan fingerprint density at radius 1 is 1.00 bits per heavy atom. The lowest BCUT2D eigenvalue weighted by molar-refractivity contribution is -0.159. The van der Waals surface area contributed by atoms with E-state index in [2.05, 4.69) is 58.9 Å². The van der Waals surface area contributed by atoms with E-state index in [1.165, 1.54) is 5.69 Å². The second kappa shape index (κ2) is 12.3. The third kappa shape index (κ3) is 8.85. The first-order chi connectivity index (χ1) is 12.9. The van der Waals surface area contributed by atoms with Crippen LogP contribution in [0, 0.1) is 0 Å². The number of piperazine rings is 1. The Bertz CT molecular complexity index is 546. The van der Waals surface area contributed by atoms with Gasteiger partial charge in [-0.05, 0) is 25.2 Å². The summed E-state index contributed by atoms with van der Waals surface area (Å²) in [5.74, 6) is -3.65. The summed E-state index contributed by atoms with van der Waals surface area (Å²) in [7, 11) is 0. The molecule has 1 aromatic carbocycles. The van der Waals surface area contributed by atoms with Gasteiger partial charge in [0.25, 0.3) is 0 Å². The van der Waals surface area contributed by atoms with Gasteiger partial charge >= 0.3 is 11.9 Å². The summed E-state index contributed by atoms with van der Waals surface area (Å²) in [4.78, 5) is 25.3. The summed E-state index contributed by atoms with van der Waals surface area (Å²) < 4.78 is 0. The van der Waals surface area contributed by atoms with Gasteiger partial charge in [0.1, 0.15) is 0 Å². The normalized spacial score (nSPS) is 15.8. The van der Waals surface area contributed by atoms with Crippen LogP contribution in [-0.4, -0.2) is 95.5 Å². The Hall–Kier alpha value is -2.16. The molecule has 1 unspecified atom stereocenters. The largest absolute Gasteiger partial charge is 0.473 e. The number of carboxylic acids is 2. The average molecular weight is 381 g/mol. The molecule has 1 heterocycles. The van der Waals surface area contributed by atoms with Crippen molar-refractivity contribution in [2.75, 3.05) is 57.3 Å². The maximum atomic E-state index is 10.2. The van der Waals surface area contributed by atoms with E-state index in [-0.39, 0.29) is 6.10 Å². The number of benzene rings is 1. The number of aliphatic hydroxyl groups excluding tert-OH is 1. The van der Waals surface area contributed by atoms with E-state index < -0.39 is 11.9 Å². The molecule has 0 radical (unpaired) electrons. The van der Waals surface area contributed by atoms with Crippen molar-refractivity contribution in [3.05, 3.63) is 30.3 Å². The smallest absolute Gasteiger partial charge is 0.414 e. The van der Waals surface area contributed by atoms with Crippen LogP contribution in [-0.2, 0) is 9.59 Å². The van der Waals surface area contributed by atoms with E-state index >= 15 is 0 Å². The molecule has 8 heteroatoms. The first kappa shape index (κ1) is 22.9. The van der Waals surface area contributed by atoms with Gasteiger partial charge in [0.15, 0.2) is 0 Å². The van der Waals surface area contributed by atoms with Crippen LogP contribution < -0.4 is 4.90 Å². The second-order valence-electron chi connectivity index (χ2n) is 6.37. The standard InChI is InChI=1S/C17H29N3O.C2H2O4/c1-3-18(4-2)14-17(21)15-19-10-12-20(13-11-19)16-8-6-5-7-9-16;3-1(4)2(5)6/h5-9,17,21H,3-4,10-15H2,1-2H3;(H,3,4)(H,5,6). The van der Waals surface area contributed by atoms with Gasteiger partial charge in [0, 0.05) is 45.0 Å².